The van der Waals surface area contributed by atoms with E-state index in [2.05, 4.69) is 45.7 Å². The molecule has 0 amide bonds. The number of nitrogens with zero attached hydrogens (tertiary/aromatic N) is 5. The van der Waals surface area contributed by atoms with Gasteiger partial charge in [-0.15, -0.1) is 11.3 Å². The molecule has 0 radical (unpaired) electrons. The first kappa shape index (κ1) is 31.5. The van der Waals surface area contributed by atoms with E-state index in [1.165, 1.54) is 4.88 Å². The first-order valence-corrected chi connectivity index (χ1v) is 12.7. The van der Waals surface area contributed by atoms with Crippen molar-refractivity contribution in [2.75, 3.05) is 13.1 Å². The monoisotopic (exact) mass is 603 g/mol. The van der Waals surface area contributed by atoms with Crippen molar-refractivity contribution in [2.24, 2.45) is 0 Å². The Bertz CT molecular complexity index is 1400. The summed E-state index contributed by atoms with van der Waals surface area (Å²) in [6, 6.07) is 12.5. The summed E-state index contributed by atoms with van der Waals surface area (Å²) < 4.78 is 65.4. The van der Waals surface area contributed by atoms with Gasteiger partial charge in [-0.25, -0.2) is 19.1 Å². The molecule has 0 aromatic carbocycles. The molecule has 9 nitrogen and oxygen atoms in total. The number of hydrogen-bond acceptors (Lipinski definition) is 7. The lowest BCUT2D eigenvalue weighted by atomic mass is 9.96. The van der Waals surface area contributed by atoms with Crippen LogP contribution >= 0.6 is 11.3 Å². The highest BCUT2D eigenvalue weighted by atomic mass is 32.1. The topological polar surface area (TPSA) is 121 Å². The zero-order valence-electron chi connectivity index (χ0n) is 21.0. The smallest absolute Gasteiger partial charge is 0.475 e. The van der Waals surface area contributed by atoms with Crippen molar-refractivity contribution < 1.29 is 46.1 Å². The van der Waals surface area contributed by atoms with E-state index in [4.69, 9.17) is 29.9 Å². The quantitative estimate of drug-likeness (QED) is 0.294. The Morgan fingerprint density at radius 2 is 1.49 bits per heavy atom. The van der Waals surface area contributed by atoms with Gasteiger partial charge >= 0.3 is 24.3 Å². The number of hydrogen-bond donors (Lipinski definition) is 2. The van der Waals surface area contributed by atoms with Crippen LogP contribution in [0, 0.1) is 0 Å². The summed E-state index contributed by atoms with van der Waals surface area (Å²) in [5.74, 6) is -4.08. The third-order valence-electron chi connectivity index (χ3n) is 5.76. The highest BCUT2D eigenvalue weighted by Crippen LogP contribution is 2.28. The van der Waals surface area contributed by atoms with Crippen LogP contribution in [0.4, 0.5) is 26.3 Å². The maximum absolute atomic E-state index is 10.6. The van der Waals surface area contributed by atoms with Gasteiger partial charge in [-0.1, -0.05) is 6.07 Å². The van der Waals surface area contributed by atoms with Crippen LogP contribution in [0.5, 0.6) is 0 Å². The number of pyridine rings is 2. The molecule has 1 fully saturated rings. The second kappa shape index (κ2) is 13.5. The van der Waals surface area contributed by atoms with Crippen LogP contribution in [-0.2, 0) is 16.1 Å². The summed E-state index contributed by atoms with van der Waals surface area (Å²) >= 11 is 1.84. The van der Waals surface area contributed by atoms with E-state index >= 15 is 0 Å². The number of aliphatic carboxylic acids is 2. The van der Waals surface area contributed by atoms with Crippen molar-refractivity contribution in [1.82, 2.24) is 24.5 Å². The number of rotatable bonds is 4. The first-order chi connectivity index (χ1) is 19.2. The number of alkyl halides is 6. The minimum Gasteiger partial charge on any atom is -0.475 e. The molecule has 4 aromatic rings. The van der Waals surface area contributed by atoms with E-state index in [0.29, 0.717) is 5.92 Å². The molecule has 0 spiro atoms. The fraction of sp³-hybridized carbons (Fsp3) is 0.320. The second-order valence-electron chi connectivity index (χ2n) is 8.66. The lowest BCUT2D eigenvalue weighted by Gasteiger charge is -2.30. The molecule has 4 aromatic heterocycles. The molecule has 0 saturated carbocycles. The zero-order chi connectivity index (χ0) is 30.2. The maximum Gasteiger partial charge on any atom is 0.490 e. The molecule has 220 valence electrons. The van der Waals surface area contributed by atoms with Gasteiger partial charge in [0.15, 0.2) is 11.5 Å². The van der Waals surface area contributed by atoms with Gasteiger partial charge < -0.3 is 10.2 Å². The molecule has 5 rings (SSSR count). The van der Waals surface area contributed by atoms with Crippen LogP contribution in [0.3, 0.4) is 0 Å². The fourth-order valence-electron chi connectivity index (χ4n) is 3.76. The summed E-state index contributed by atoms with van der Waals surface area (Å²) in [6.45, 7) is 3.29. The van der Waals surface area contributed by atoms with Crippen LogP contribution in [0.1, 0.15) is 29.5 Å². The van der Waals surface area contributed by atoms with Gasteiger partial charge in [0.1, 0.15) is 0 Å². The first-order valence-electron chi connectivity index (χ1n) is 11.9. The van der Waals surface area contributed by atoms with Crippen molar-refractivity contribution >= 4 is 28.9 Å². The van der Waals surface area contributed by atoms with Crippen molar-refractivity contribution in [3.63, 3.8) is 0 Å². The van der Waals surface area contributed by atoms with Crippen molar-refractivity contribution in [2.45, 2.75) is 37.7 Å². The molecule has 2 N–H and O–H groups in total. The fourth-order valence-corrected chi connectivity index (χ4v) is 4.51. The molecule has 1 saturated heterocycles. The number of thiophene rings is 1. The summed E-state index contributed by atoms with van der Waals surface area (Å²) in [5.41, 5.74) is 3.20. The molecular weight excluding hydrogens is 580 g/mol. The van der Waals surface area contributed by atoms with Gasteiger partial charge in [-0.3, -0.25) is 9.88 Å². The van der Waals surface area contributed by atoms with E-state index in [0.717, 1.165) is 55.1 Å². The van der Waals surface area contributed by atoms with Gasteiger partial charge in [0, 0.05) is 41.5 Å². The number of carbonyl (C=O) groups is 2. The minimum atomic E-state index is -5.08. The third-order valence-corrected chi connectivity index (χ3v) is 6.62. The molecule has 0 atom stereocenters. The van der Waals surface area contributed by atoms with Crippen LogP contribution in [0.15, 0.2) is 60.4 Å². The highest BCUT2D eigenvalue weighted by molar-refractivity contribution is 7.09. The Hall–Kier alpha value is -4.05. The zero-order valence-corrected chi connectivity index (χ0v) is 21.8. The lowest BCUT2D eigenvalue weighted by Crippen LogP contribution is -2.32. The Labute approximate surface area is 232 Å². The van der Waals surface area contributed by atoms with Crippen LogP contribution in [0.25, 0.3) is 16.8 Å². The van der Waals surface area contributed by atoms with Crippen LogP contribution in [-0.4, -0.2) is 72.1 Å². The van der Waals surface area contributed by atoms with Gasteiger partial charge in [0.05, 0.1) is 0 Å². The summed E-state index contributed by atoms with van der Waals surface area (Å²) in [4.78, 5) is 30.7. The highest BCUT2D eigenvalue weighted by Gasteiger charge is 2.38. The van der Waals surface area contributed by atoms with Gasteiger partial charge in [-0.2, -0.15) is 31.4 Å². The van der Waals surface area contributed by atoms with Crippen molar-refractivity contribution in [3.8, 4) is 11.1 Å². The van der Waals surface area contributed by atoms with E-state index in [1.54, 1.807) is 0 Å². The molecule has 41 heavy (non-hydrogen) atoms. The number of halogens is 6. The van der Waals surface area contributed by atoms with E-state index < -0.39 is 24.3 Å². The third kappa shape index (κ3) is 9.53. The molecule has 0 bridgehead atoms. The SMILES string of the molecule is O=C(O)C(F)(F)F.O=C(O)C(F)(F)F.c1csc(CN2CCC(c3nc4ccc(-c5ccncc5)cn4n3)CC2)c1. The Morgan fingerprint density at radius 3 is 2.00 bits per heavy atom. The molecule has 1 aliphatic rings. The van der Waals surface area contributed by atoms with E-state index in [-0.39, 0.29) is 0 Å². The molecule has 0 aliphatic carbocycles. The van der Waals surface area contributed by atoms with E-state index in [9.17, 15) is 26.3 Å². The average Bonchev–Trinajstić information content (AvgIpc) is 3.59. The maximum atomic E-state index is 10.6. The van der Waals surface area contributed by atoms with Gasteiger partial charge in [0.2, 0.25) is 0 Å². The molecule has 1 aliphatic heterocycles. The number of aromatic nitrogens is 4. The minimum absolute atomic E-state index is 0.453. The number of carboxylic acid groups (broad SMARTS) is 2. The molecule has 5 heterocycles. The number of carboxylic acids is 2. The van der Waals surface area contributed by atoms with Crippen LogP contribution < -0.4 is 0 Å². The number of fused-ring (bicyclic) bond motifs is 1. The molecular formula is C25H23F6N5O4S. The summed E-state index contributed by atoms with van der Waals surface area (Å²) in [6.07, 6.45) is -2.22. The Morgan fingerprint density at radius 1 is 0.902 bits per heavy atom. The second-order valence-corrected chi connectivity index (χ2v) is 9.69. The van der Waals surface area contributed by atoms with E-state index in [1.807, 2.05) is 40.4 Å². The summed E-state index contributed by atoms with van der Waals surface area (Å²) in [7, 11) is 0. The number of piperidine rings is 1. The predicted molar refractivity (Wildman–Crippen MR) is 135 cm³/mol. The Balaban J connectivity index is 0.000000276. The van der Waals surface area contributed by atoms with Crippen molar-refractivity contribution in [3.05, 3.63) is 71.1 Å². The largest absolute Gasteiger partial charge is 0.490 e. The lowest BCUT2D eigenvalue weighted by molar-refractivity contribution is -0.193. The van der Waals surface area contributed by atoms with Crippen LogP contribution in [0.2, 0.25) is 0 Å². The molecule has 0 unspecified atom stereocenters. The molecule has 16 heteroatoms. The normalized spacial score (nSPS) is 14.5. The standard InChI is InChI=1S/C21H21N5S.2C2HF3O2/c1-2-19(27-13-1)15-25-11-7-17(8-12-25)21-23-20-4-3-18(14-26(20)24-21)16-5-9-22-10-6-16;2*3-2(4,5)1(6)7/h1-6,9-10,13-14,17H,7-8,11-12,15H2;2*(H,6,7). The van der Waals surface area contributed by atoms with Gasteiger partial charge in [0.25, 0.3) is 0 Å². The number of likely N-dealkylation sites (tertiary alicyclic amines) is 1. The Kier molecular flexibility index (Phi) is 10.4. The summed E-state index contributed by atoms with van der Waals surface area (Å²) in [5, 5.41) is 21.2. The van der Waals surface area contributed by atoms with Crippen molar-refractivity contribution in [1.29, 1.82) is 0 Å². The average molecular weight is 604 g/mol. The van der Waals surface area contributed by atoms with Gasteiger partial charge in [-0.05, 0) is 67.2 Å². The predicted octanol–water partition coefficient (Wildman–Crippen LogP) is 5.50.